The Hall–Kier alpha value is -5.39. The predicted molar refractivity (Wildman–Crippen MR) is 176 cm³/mol. The summed E-state index contributed by atoms with van der Waals surface area (Å²) in [7, 11) is -2.77. The van der Waals surface area contributed by atoms with Crippen LogP contribution in [0.15, 0.2) is 65.5 Å². The molecule has 0 aliphatic heterocycles. The number of hydrogen-bond acceptors (Lipinski definition) is 9. The maximum atomic E-state index is 14.4. The van der Waals surface area contributed by atoms with Crippen LogP contribution in [0.3, 0.4) is 0 Å². The zero-order valence-corrected chi connectivity index (χ0v) is 27.7. The molecule has 6 aromatic rings. The largest absolute Gasteiger partial charge is 0.436 e. The van der Waals surface area contributed by atoms with Crippen LogP contribution in [-0.2, 0) is 28.3 Å². The van der Waals surface area contributed by atoms with Gasteiger partial charge in [-0.2, -0.15) is 14.4 Å². The molecule has 0 saturated carbocycles. The number of halogens is 5. The molecule has 3 aromatic heterocycles. The van der Waals surface area contributed by atoms with Gasteiger partial charge >= 0.3 is 0 Å². The molecule has 2 N–H and O–H groups in total. The number of benzene rings is 3. The first kappa shape index (κ1) is 34.5. The van der Waals surface area contributed by atoms with Gasteiger partial charge in [0.15, 0.2) is 23.0 Å². The Kier molecular flexibility index (Phi) is 8.83. The number of hydrogen-bond donors (Lipinski definition) is 1. The number of aryl methyl sites for hydroxylation is 1. The summed E-state index contributed by atoms with van der Waals surface area (Å²) in [6.45, 7) is 1.03. The van der Waals surface area contributed by atoms with Crippen molar-refractivity contribution >= 4 is 55.3 Å². The van der Waals surface area contributed by atoms with Gasteiger partial charge in [-0.05, 0) is 54.4 Å². The maximum absolute atomic E-state index is 14.4. The fraction of sp³-hybridized carbons (Fsp3) is 0.156. The van der Waals surface area contributed by atoms with Gasteiger partial charge in [0, 0.05) is 32.2 Å². The van der Waals surface area contributed by atoms with Crippen molar-refractivity contribution in [2.24, 2.45) is 12.8 Å². The summed E-state index contributed by atoms with van der Waals surface area (Å²) in [5, 5.41) is 4.16. The van der Waals surface area contributed by atoms with E-state index in [1.807, 2.05) is 0 Å². The Labute approximate surface area is 285 Å². The van der Waals surface area contributed by atoms with E-state index >= 15 is 0 Å². The summed E-state index contributed by atoms with van der Waals surface area (Å²) < 4.78 is 89.6. The number of amides is 1. The van der Waals surface area contributed by atoms with Gasteiger partial charge < -0.3 is 10.5 Å². The Morgan fingerprint density at radius 1 is 1.00 bits per heavy atom. The minimum absolute atomic E-state index is 0.00536. The zero-order valence-electron chi connectivity index (χ0n) is 26.2. The second-order valence-electron chi connectivity index (χ2n) is 11.2. The molecule has 50 heavy (non-hydrogen) atoms. The average molecular weight is 730 g/mol. The van der Waals surface area contributed by atoms with Gasteiger partial charge in [0.05, 0.1) is 39.3 Å². The number of nitrogens with zero attached hydrogens (tertiary/aromatic N) is 6. The topological polar surface area (TPSA) is 155 Å². The van der Waals surface area contributed by atoms with Crippen molar-refractivity contribution in [3.05, 3.63) is 111 Å². The monoisotopic (exact) mass is 729 g/mol. The molecule has 1 amide bonds. The molecule has 0 fully saturated rings. The normalized spacial score (nSPS) is 12.4. The molecule has 1 atom stereocenters. The van der Waals surface area contributed by atoms with E-state index in [1.165, 1.54) is 36.0 Å². The lowest BCUT2D eigenvalue weighted by molar-refractivity contribution is -0.115. The predicted octanol–water partition coefficient (Wildman–Crippen LogP) is 5.22. The smallest absolute Gasteiger partial charge is 0.267 e. The highest BCUT2D eigenvalue weighted by Crippen LogP contribution is 2.37. The van der Waals surface area contributed by atoms with E-state index in [9.17, 15) is 35.6 Å². The zero-order chi connectivity index (χ0) is 36.2. The van der Waals surface area contributed by atoms with Gasteiger partial charge in [-0.15, -0.1) is 0 Å². The maximum Gasteiger partial charge on any atom is 0.267 e. The lowest BCUT2D eigenvalue weighted by Gasteiger charge is -2.20. The molecule has 12 nitrogen and oxygen atoms in total. The van der Waals surface area contributed by atoms with Crippen molar-refractivity contribution in [2.75, 3.05) is 10.6 Å². The molecule has 18 heteroatoms. The van der Waals surface area contributed by atoms with E-state index < -0.39 is 50.8 Å². The lowest BCUT2D eigenvalue weighted by Crippen LogP contribution is -2.34. The van der Waals surface area contributed by atoms with Crippen molar-refractivity contribution in [1.82, 2.24) is 24.3 Å². The highest BCUT2D eigenvalue weighted by Gasteiger charge is 2.31. The summed E-state index contributed by atoms with van der Waals surface area (Å²) in [6, 6.07) is 9.52. The number of pyridine rings is 1. The van der Waals surface area contributed by atoms with Crippen molar-refractivity contribution in [1.29, 1.82) is 0 Å². The first-order valence-electron chi connectivity index (χ1n) is 14.5. The van der Waals surface area contributed by atoms with Crippen LogP contribution in [0.1, 0.15) is 24.4 Å². The van der Waals surface area contributed by atoms with Gasteiger partial charge in [-0.25, -0.2) is 31.0 Å². The van der Waals surface area contributed by atoms with Crippen LogP contribution in [0.5, 0.6) is 11.6 Å². The van der Waals surface area contributed by atoms with Crippen LogP contribution in [0.4, 0.5) is 23.4 Å². The number of carbonyl (C=O) groups is 1. The molecule has 0 spiro atoms. The number of aromatic nitrogens is 5. The van der Waals surface area contributed by atoms with E-state index in [2.05, 4.69) is 15.1 Å². The molecule has 0 unspecified atom stereocenters. The van der Waals surface area contributed by atoms with E-state index in [0.717, 1.165) is 42.0 Å². The number of nitrogens with two attached hydrogens (primary N) is 1. The highest BCUT2D eigenvalue weighted by molar-refractivity contribution is 7.92. The third-order valence-electron chi connectivity index (χ3n) is 7.50. The minimum atomic E-state index is -4.20. The number of anilines is 1. The molecule has 3 heterocycles. The van der Waals surface area contributed by atoms with Crippen LogP contribution in [0, 0.1) is 23.3 Å². The second-order valence-corrected chi connectivity index (χ2v) is 13.4. The molecule has 3 aromatic carbocycles. The van der Waals surface area contributed by atoms with Crippen molar-refractivity contribution in [3.8, 4) is 17.3 Å². The molecule has 258 valence electrons. The molecule has 0 aliphatic carbocycles. The third kappa shape index (κ3) is 6.37. The number of ether oxygens (including phenoxy) is 1. The molecular formula is C32H24ClF4N7O5S. The summed E-state index contributed by atoms with van der Waals surface area (Å²) in [6.07, 6.45) is 0.579. The van der Waals surface area contributed by atoms with Crippen molar-refractivity contribution < 1.29 is 35.5 Å². The molecule has 0 radical (unpaired) electrons. The van der Waals surface area contributed by atoms with Crippen LogP contribution < -0.4 is 20.3 Å². The summed E-state index contributed by atoms with van der Waals surface area (Å²) in [5.74, 6) is -5.54. The lowest BCUT2D eigenvalue weighted by atomic mass is 10.0. The van der Waals surface area contributed by atoms with Gasteiger partial charge in [0.25, 0.3) is 5.56 Å². The third-order valence-corrected chi connectivity index (χ3v) is 8.91. The molecule has 0 bridgehead atoms. The van der Waals surface area contributed by atoms with E-state index in [-0.39, 0.29) is 67.9 Å². The number of carbonyl (C=O) groups excluding carboxylic acids is 1. The summed E-state index contributed by atoms with van der Waals surface area (Å²) >= 11 is 6.56. The minimum Gasteiger partial charge on any atom is -0.436 e. The van der Waals surface area contributed by atoms with E-state index in [1.54, 1.807) is 0 Å². The first-order chi connectivity index (χ1) is 23.5. The van der Waals surface area contributed by atoms with Crippen LogP contribution in [0.25, 0.3) is 27.6 Å². The van der Waals surface area contributed by atoms with Crippen LogP contribution in [0.2, 0.25) is 5.02 Å². The Bertz CT molecular complexity index is 2530. The van der Waals surface area contributed by atoms with Crippen LogP contribution in [-0.4, -0.2) is 44.9 Å². The van der Waals surface area contributed by atoms with E-state index in [4.69, 9.17) is 22.1 Å². The Balaban J connectivity index is 1.61. The molecule has 0 aliphatic rings. The molecule has 0 saturated heterocycles. The number of fused-ring (bicyclic) bond motifs is 2. The summed E-state index contributed by atoms with van der Waals surface area (Å²) in [5.41, 5.74) is 5.89. The molecule has 6 rings (SSSR count). The fourth-order valence-electron chi connectivity index (χ4n) is 5.55. The van der Waals surface area contributed by atoms with Crippen molar-refractivity contribution in [3.63, 3.8) is 0 Å². The SMILES string of the molecule is CC(=O)N(c1nn(C)c2c(-n3c([C@@H](N)Cc4cc(F)cc(F)c4)nc4nc(Oc5ccc(F)cc5F)ccc4c3=O)ccc(Cl)c12)S(C)(=O)=O. The van der Waals surface area contributed by atoms with Crippen molar-refractivity contribution in [2.45, 2.75) is 19.4 Å². The van der Waals surface area contributed by atoms with Crippen LogP contribution >= 0.6 is 11.6 Å². The first-order valence-corrected chi connectivity index (χ1v) is 16.7. The number of rotatable bonds is 8. The average Bonchev–Trinajstić information content (AvgIpc) is 3.34. The van der Waals surface area contributed by atoms with Gasteiger partial charge in [0.1, 0.15) is 23.3 Å². The number of sulfonamides is 1. The summed E-state index contributed by atoms with van der Waals surface area (Å²) in [4.78, 5) is 35.7. The fourth-order valence-corrected chi connectivity index (χ4v) is 6.70. The molecular weight excluding hydrogens is 706 g/mol. The Morgan fingerprint density at radius 2 is 1.70 bits per heavy atom. The van der Waals surface area contributed by atoms with E-state index in [0.29, 0.717) is 16.4 Å². The van der Waals surface area contributed by atoms with Gasteiger partial charge in [-0.3, -0.25) is 18.8 Å². The van der Waals surface area contributed by atoms with Gasteiger partial charge in [0.2, 0.25) is 21.8 Å². The standard InChI is InChI=1S/C32H24ClF4N7O5S/c1-15(45)44(50(3,47)48)31-27-21(33)6-7-24(28(27)42(2)41-31)43-30(23(38)12-16-10-18(35)13-19(36)11-16)40-29-20(32(43)46)5-9-26(39-29)49-25-8-4-17(34)14-22(25)37/h4-11,13-14,23H,12,38H2,1-3H3/t23-/m0/s1. The second kappa shape index (κ2) is 12.8. The quantitative estimate of drug-likeness (QED) is 0.208. The Morgan fingerprint density at radius 3 is 2.34 bits per heavy atom. The van der Waals surface area contributed by atoms with Gasteiger partial charge in [-0.1, -0.05) is 11.6 Å². The highest BCUT2D eigenvalue weighted by atomic mass is 35.5.